The second kappa shape index (κ2) is 15.7. The normalized spacial score (nSPS) is 12.3. The Morgan fingerprint density at radius 3 is 2.11 bits per heavy atom. The molecule has 5 heteroatoms. The molecule has 0 saturated heterocycles. The van der Waals surface area contributed by atoms with E-state index in [1.165, 1.54) is 70.5 Å². The van der Waals surface area contributed by atoms with Crippen LogP contribution in [0.5, 0.6) is 0 Å². The Kier molecular flexibility index (Phi) is 13.7. The molecule has 5 nitrogen and oxygen atoms in total. The van der Waals surface area contributed by atoms with E-state index in [0.717, 1.165) is 25.7 Å². The van der Waals surface area contributed by atoms with Crippen LogP contribution in [0.4, 0.5) is 0 Å². The highest BCUT2D eigenvalue weighted by Gasteiger charge is 2.16. The van der Waals surface area contributed by atoms with E-state index in [2.05, 4.69) is 24.1 Å². The highest BCUT2D eigenvalue weighted by atomic mass is 16.3. The highest BCUT2D eigenvalue weighted by molar-refractivity contribution is 5.91. The van der Waals surface area contributed by atoms with Crippen molar-refractivity contribution in [2.24, 2.45) is 5.73 Å². The predicted molar refractivity (Wildman–Crippen MR) is 112 cm³/mol. The largest absolute Gasteiger partial charge is 0.446 e. The van der Waals surface area contributed by atoms with Crippen molar-refractivity contribution in [2.45, 2.75) is 110 Å². The summed E-state index contributed by atoms with van der Waals surface area (Å²) in [5.41, 5.74) is 6.36. The number of carbonyl (C=O) groups excluding carboxylic acids is 1. The van der Waals surface area contributed by atoms with Gasteiger partial charge < -0.3 is 15.5 Å². The van der Waals surface area contributed by atoms with Crippen LogP contribution in [0.3, 0.4) is 0 Å². The van der Waals surface area contributed by atoms with Crippen molar-refractivity contribution in [3.05, 3.63) is 17.8 Å². The van der Waals surface area contributed by atoms with Gasteiger partial charge >= 0.3 is 0 Å². The number of hydrogen-bond acceptors (Lipinski definition) is 4. The molecule has 1 rings (SSSR count). The van der Waals surface area contributed by atoms with Gasteiger partial charge in [-0.2, -0.15) is 0 Å². The van der Waals surface area contributed by atoms with Crippen LogP contribution in [0.1, 0.15) is 126 Å². The van der Waals surface area contributed by atoms with E-state index in [-0.39, 0.29) is 11.9 Å². The van der Waals surface area contributed by atoms with Crippen molar-refractivity contribution < 1.29 is 9.21 Å². The fourth-order valence-corrected chi connectivity index (χ4v) is 3.19. The zero-order valence-electron chi connectivity index (χ0n) is 17.6. The van der Waals surface area contributed by atoms with Crippen LogP contribution in [0.2, 0.25) is 0 Å². The van der Waals surface area contributed by atoms with Crippen molar-refractivity contribution >= 4 is 5.91 Å². The number of carbonyl (C=O) groups is 1. The summed E-state index contributed by atoms with van der Waals surface area (Å²) in [5.74, 6) is 0.295. The van der Waals surface area contributed by atoms with Gasteiger partial charge in [-0.25, -0.2) is 4.98 Å². The molecule has 156 valence electrons. The molecule has 1 unspecified atom stereocenters. The number of unbranched alkanes of at least 4 members (excludes halogenated alkanes) is 11. The summed E-state index contributed by atoms with van der Waals surface area (Å²) >= 11 is 0. The summed E-state index contributed by atoms with van der Waals surface area (Å²) in [5, 5.41) is 2.92. The second-order valence-electron chi connectivity index (χ2n) is 7.61. The third-order valence-corrected chi connectivity index (χ3v) is 5.01. The standard InChI is InChI=1S/C22H41N3O2/c1-3-5-7-8-9-10-11-12-13-14-15-17-24-21(26)20-18-27-22(25-20)19(23)16-6-4-2/h18-19H,3-17,23H2,1-2H3,(H,24,26). The van der Waals surface area contributed by atoms with Crippen molar-refractivity contribution in [3.63, 3.8) is 0 Å². The van der Waals surface area contributed by atoms with E-state index >= 15 is 0 Å². The Hall–Kier alpha value is -1.36. The Balaban J connectivity index is 2.02. The summed E-state index contributed by atoms with van der Waals surface area (Å²) in [6, 6.07) is -0.224. The Morgan fingerprint density at radius 1 is 0.963 bits per heavy atom. The molecule has 1 amide bonds. The van der Waals surface area contributed by atoms with Crippen molar-refractivity contribution in [1.82, 2.24) is 10.3 Å². The van der Waals surface area contributed by atoms with E-state index in [1.54, 1.807) is 0 Å². The topological polar surface area (TPSA) is 81.2 Å². The van der Waals surface area contributed by atoms with Crippen LogP contribution < -0.4 is 11.1 Å². The van der Waals surface area contributed by atoms with E-state index in [9.17, 15) is 4.79 Å². The summed E-state index contributed by atoms with van der Waals surface area (Å²) in [7, 11) is 0. The quantitative estimate of drug-likeness (QED) is 0.330. The first kappa shape index (κ1) is 23.7. The average Bonchev–Trinajstić information content (AvgIpc) is 3.17. The van der Waals surface area contributed by atoms with E-state index < -0.39 is 0 Å². The molecule has 0 aromatic carbocycles. The van der Waals surface area contributed by atoms with Crippen molar-refractivity contribution in [2.75, 3.05) is 6.54 Å². The van der Waals surface area contributed by atoms with Gasteiger partial charge in [0.05, 0.1) is 6.04 Å². The number of rotatable bonds is 17. The molecule has 0 radical (unpaired) electrons. The lowest BCUT2D eigenvalue weighted by molar-refractivity contribution is 0.0948. The van der Waals surface area contributed by atoms with E-state index in [0.29, 0.717) is 18.1 Å². The highest BCUT2D eigenvalue weighted by Crippen LogP contribution is 2.16. The molecule has 0 aliphatic rings. The molecular weight excluding hydrogens is 338 g/mol. The van der Waals surface area contributed by atoms with Gasteiger partial charge in [-0.15, -0.1) is 0 Å². The summed E-state index contributed by atoms with van der Waals surface area (Å²) < 4.78 is 5.36. The van der Waals surface area contributed by atoms with Gasteiger partial charge in [-0.05, 0) is 12.8 Å². The molecular formula is C22H41N3O2. The number of nitrogens with one attached hydrogen (secondary N) is 1. The van der Waals surface area contributed by atoms with Crippen LogP contribution in [0.15, 0.2) is 10.7 Å². The van der Waals surface area contributed by atoms with Crippen LogP contribution in [-0.4, -0.2) is 17.4 Å². The SMILES string of the molecule is CCCCCCCCCCCCCNC(=O)c1coc(C(N)CCCC)n1. The Morgan fingerprint density at radius 2 is 1.52 bits per heavy atom. The first-order valence-corrected chi connectivity index (χ1v) is 11.2. The van der Waals surface area contributed by atoms with Crippen LogP contribution in [0.25, 0.3) is 0 Å². The number of oxazole rings is 1. The van der Waals surface area contributed by atoms with Gasteiger partial charge in [0.25, 0.3) is 5.91 Å². The number of amides is 1. The molecule has 1 heterocycles. The molecule has 0 fully saturated rings. The van der Waals surface area contributed by atoms with Gasteiger partial charge in [0, 0.05) is 6.54 Å². The Bertz CT molecular complexity index is 488. The zero-order chi connectivity index (χ0) is 19.7. The summed E-state index contributed by atoms with van der Waals surface area (Å²) in [4.78, 5) is 16.3. The van der Waals surface area contributed by atoms with Gasteiger partial charge in [0.15, 0.2) is 5.69 Å². The minimum Gasteiger partial charge on any atom is -0.446 e. The maximum Gasteiger partial charge on any atom is 0.273 e. The van der Waals surface area contributed by atoms with E-state index in [4.69, 9.17) is 10.2 Å². The van der Waals surface area contributed by atoms with E-state index in [1.807, 2.05) is 0 Å². The number of nitrogens with two attached hydrogens (primary N) is 1. The third kappa shape index (κ3) is 11.2. The molecule has 0 spiro atoms. The second-order valence-corrected chi connectivity index (χ2v) is 7.61. The number of nitrogens with zero attached hydrogens (tertiary/aromatic N) is 1. The van der Waals surface area contributed by atoms with Gasteiger partial charge in [0.1, 0.15) is 6.26 Å². The molecule has 1 atom stereocenters. The Labute approximate surface area is 165 Å². The monoisotopic (exact) mass is 379 g/mol. The minimum atomic E-state index is -0.224. The lowest BCUT2D eigenvalue weighted by Gasteiger charge is -2.05. The van der Waals surface area contributed by atoms with Crippen LogP contribution >= 0.6 is 0 Å². The van der Waals surface area contributed by atoms with Crippen LogP contribution in [0, 0.1) is 0 Å². The molecule has 0 bridgehead atoms. The lowest BCUT2D eigenvalue weighted by Crippen LogP contribution is -2.25. The zero-order valence-corrected chi connectivity index (χ0v) is 17.6. The first-order valence-electron chi connectivity index (χ1n) is 11.2. The molecule has 1 aromatic rings. The van der Waals surface area contributed by atoms with Gasteiger partial charge in [0.2, 0.25) is 5.89 Å². The van der Waals surface area contributed by atoms with Gasteiger partial charge in [-0.1, -0.05) is 90.9 Å². The maximum absolute atomic E-state index is 12.1. The lowest BCUT2D eigenvalue weighted by atomic mass is 10.1. The number of hydrogen-bond donors (Lipinski definition) is 2. The summed E-state index contributed by atoms with van der Waals surface area (Å²) in [6.45, 7) is 5.07. The molecule has 1 aromatic heterocycles. The predicted octanol–water partition coefficient (Wildman–Crippen LogP) is 5.91. The molecule has 3 N–H and O–H groups in total. The fraction of sp³-hybridized carbons (Fsp3) is 0.818. The molecule has 0 aliphatic carbocycles. The van der Waals surface area contributed by atoms with Crippen LogP contribution in [-0.2, 0) is 0 Å². The maximum atomic E-state index is 12.1. The molecule has 27 heavy (non-hydrogen) atoms. The van der Waals surface area contributed by atoms with Gasteiger partial charge in [-0.3, -0.25) is 4.79 Å². The van der Waals surface area contributed by atoms with Crippen molar-refractivity contribution in [1.29, 1.82) is 0 Å². The van der Waals surface area contributed by atoms with Crippen molar-refractivity contribution in [3.8, 4) is 0 Å². The smallest absolute Gasteiger partial charge is 0.273 e. The first-order chi connectivity index (χ1) is 13.2. The molecule has 0 aliphatic heterocycles. The molecule has 0 saturated carbocycles. The fourth-order valence-electron chi connectivity index (χ4n) is 3.19. The summed E-state index contributed by atoms with van der Waals surface area (Å²) in [6.07, 6.45) is 18.7. The number of aromatic nitrogens is 1. The third-order valence-electron chi connectivity index (χ3n) is 5.01. The average molecular weight is 380 g/mol. The minimum absolute atomic E-state index is 0.167.